The largest absolute Gasteiger partial charge is 0.327 e. The third-order valence-corrected chi connectivity index (χ3v) is 2.92. The predicted molar refractivity (Wildman–Crippen MR) is 71.9 cm³/mol. The average Bonchev–Trinajstić information content (AvgIpc) is 2.06. The fourth-order valence-electron chi connectivity index (χ4n) is 1.96. The van der Waals surface area contributed by atoms with Crippen molar-refractivity contribution in [1.29, 1.82) is 0 Å². The molecule has 0 saturated heterocycles. The van der Waals surface area contributed by atoms with Crippen LogP contribution in [-0.2, 0) is 6.42 Å². The van der Waals surface area contributed by atoms with Gasteiger partial charge in [0.2, 0.25) is 0 Å². The standard InChI is InChI=1S/C14H22ClN/c1-10-5-6-11(13(15)7-10)8-12(16)9-14(2,3)4/h5-7,12H,8-9,16H2,1-4H3. The molecule has 1 rings (SSSR count). The number of benzene rings is 1. The summed E-state index contributed by atoms with van der Waals surface area (Å²) in [4.78, 5) is 0. The molecule has 1 aromatic carbocycles. The maximum Gasteiger partial charge on any atom is 0.0441 e. The van der Waals surface area contributed by atoms with Crippen molar-refractivity contribution >= 4 is 11.6 Å². The van der Waals surface area contributed by atoms with Crippen LogP contribution in [0, 0.1) is 12.3 Å². The highest BCUT2D eigenvalue weighted by molar-refractivity contribution is 6.31. The van der Waals surface area contributed by atoms with E-state index in [0.717, 1.165) is 23.4 Å². The minimum Gasteiger partial charge on any atom is -0.327 e. The van der Waals surface area contributed by atoms with Crippen molar-refractivity contribution in [2.45, 2.75) is 46.6 Å². The molecule has 0 saturated carbocycles. The van der Waals surface area contributed by atoms with E-state index in [1.165, 1.54) is 5.56 Å². The average molecular weight is 240 g/mol. The van der Waals surface area contributed by atoms with Crippen LogP contribution in [-0.4, -0.2) is 6.04 Å². The van der Waals surface area contributed by atoms with E-state index in [1.807, 2.05) is 13.0 Å². The van der Waals surface area contributed by atoms with Crippen molar-refractivity contribution < 1.29 is 0 Å². The van der Waals surface area contributed by atoms with Crippen LogP contribution in [0.1, 0.15) is 38.3 Å². The van der Waals surface area contributed by atoms with Crippen LogP contribution in [0.3, 0.4) is 0 Å². The molecule has 16 heavy (non-hydrogen) atoms. The number of hydrogen-bond acceptors (Lipinski definition) is 1. The lowest BCUT2D eigenvalue weighted by atomic mass is 9.86. The Morgan fingerprint density at radius 3 is 2.44 bits per heavy atom. The number of aryl methyl sites for hydroxylation is 1. The molecule has 0 fully saturated rings. The lowest BCUT2D eigenvalue weighted by Crippen LogP contribution is -2.28. The highest BCUT2D eigenvalue weighted by Crippen LogP contribution is 2.24. The van der Waals surface area contributed by atoms with Crippen LogP contribution >= 0.6 is 11.6 Å². The maximum absolute atomic E-state index is 6.19. The van der Waals surface area contributed by atoms with Gasteiger partial charge in [0, 0.05) is 11.1 Å². The fourth-order valence-corrected chi connectivity index (χ4v) is 2.27. The zero-order valence-corrected chi connectivity index (χ0v) is 11.4. The zero-order valence-electron chi connectivity index (χ0n) is 10.7. The van der Waals surface area contributed by atoms with Crippen LogP contribution in [0.2, 0.25) is 5.02 Å². The van der Waals surface area contributed by atoms with Gasteiger partial charge in [-0.25, -0.2) is 0 Å². The number of hydrogen-bond donors (Lipinski definition) is 1. The molecular formula is C14H22ClN. The summed E-state index contributed by atoms with van der Waals surface area (Å²) in [6.45, 7) is 8.68. The molecule has 0 aliphatic carbocycles. The van der Waals surface area contributed by atoms with E-state index in [-0.39, 0.29) is 11.5 Å². The molecule has 0 spiro atoms. The van der Waals surface area contributed by atoms with Crippen molar-refractivity contribution in [3.05, 3.63) is 34.3 Å². The molecule has 2 N–H and O–H groups in total. The Labute approximate surface area is 104 Å². The molecule has 1 nitrogen and oxygen atoms in total. The smallest absolute Gasteiger partial charge is 0.0441 e. The second-order valence-electron chi connectivity index (χ2n) is 5.82. The summed E-state index contributed by atoms with van der Waals surface area (Å²) in [5.41, 5.74) is 8.76. The summed E-state index contributed by atoms with van der Waals surface area (Å²) in [5.74, 6) is 0. The zero-order chi connectivity index (χ0) is 12.3. The molecule has 1 unspecified atom stereocenters. The van der Waals surface area contributed by atoms with Crippen molar-refractivity contribution in [3.63, 3.8) is 0 Å². The van der Waals surface area contributed by atoms with Gasteiger partial charge in [-0.05, 0) is 42.4 Å². The Balaban J connectivity index is 2.66. The summed E-state index contributed by atoms with van der Waals surface area (Å²) in [6.07, 6.45) is 1.87. The van der Waals surface area contributed by atoms with Crippen LogP contribution in [0.25, 0.3) is 0 Å². The highest BCUT2D eigenvalue weighted by Gasteiger charge is 2.16. The third kappa shape index (κ3) is 4.54. The molecule has 0 radical (unpaired) electrons. The summed E-state index contributed by atoms with van der Waals surface area (Å²) in [7, 11) is 0. The van der Waals surface area contributed by atoms with Gasteiger partial charge in [-0.1, -0.05) is 44.5 Å². The van der Waals surface area contributed by atoms with Crippen molar-refractivity contribution in [1.82, 2.24) is 0 Å². The number of nitrogens with two attached hydrogens (primary N) is 1. The van der Waals surface area contributed by atoms with Gasteiger partial charge >= 0.3 is 0 Å². The monoisotopic (exact) mass is 239 g/mol. The van der Waals surface area contributed by atoms with E-state index in [2.05, 4.69) is 32.9 Å². The second-order valence-corrected chi connectivity index (χ2v) is 6.23. The first-order valence-electron chi connectivity index (χ1n) is 5.78. The van der Waals surface area contributed by atoms with Gasteiger partial charge in [0.05, 0.1) is 0 Å². The van der Waals surface area contributed by atoms with Gasteiger partial charge in [0.25, 0.3) is 0 Å². The van der Waals surface area contributed by atoms with Crippen LogP contribution < -0.4 is 5.73 Å². The van der Waals surface area contributed by atoms with Gasteiger partial charge in [0.1, 0.15) is 0 Å². The summed E-state index contributed by atoms with van der Waals surface area (Å²) < 4.78 is 0. The first-order chi connectivity index (χ1) is 7.28. The number of rotatable bonds is 3. The summed E-state index contributed by atoms with van der Waals surface area (Å²) >= 11 is 6.19. The van der Waals surface area contributed by atoms with Crippen molar-refractivity contribution in [3.8, 4) is 0 Å². The van der Waals surface area contributed by atoms with E-state index in [9.17, 15) is 0 Å². The molecule has 1 atom stereocenters. The van der Waals surface area contributed by atoms with Gasteiger partial charge in [0.15, 0.2) is 0 Å². The fraction of sp³-hybridized carbons (Fsp3) is 0.571. The van der Waals surface area contributed by atoms with Gasteiger partial charge in [-0.15, -0.1) is 0 Å². The lowest BCUT2D eigenvalue weighted by Gasteiger charge is -2.23. The number of halogens is 1. The molecule has 2 heteroatoms. The third-order valence-electron chi connectivity index (χ3n) is 2.57. The molecule has 1 aromatic rings. The molecule has 0 aromatic heterocycles. The predicted octanol–water partition coefficient (Wildman–Crippen LogP) is 3.95. The second kappa shape index (κ2) is 5.20. The topological polar surface area (TPSA) is 26.0 Å². The quantitative estimate of drug-likeness (QED) is 0.849. The van der Waals surface area contributed by atoms with Crippen molar-refractivity contribution in [2.24, 2.45) is 11.1 Å². The molecule has 0 heterocycles. The lowest BCUT2D eigenvalue weighted by molar-refractivity contribution is 0.338. The minimum absolute atomic E-state index is 0.181. The molecule has 0 amide bonds. The van der Waals surface area contributed by atoms with Gasteiger partial charge in [-0.3, -0.25) is 0 Å². The Morgan fingerprint density at radius 1 is 1.31 bits per heavy atom. The minimum atomic E-state index is 0.181. The molecule has 0 aliphatic heterocycles. The summed E-state index contributed by atoms with van der Waals surface area (Å²) in [6, 6.07) is 6.35. The molecule has 0 aliphatic rings. The van der Waals surface area contributed by atoms with Gasteiger partial charge in [-0.2, -0.15) is 0 Å². The van der Waals surface area contributed by atoms with E-state index in [0.29, 0.717) is 0 Å². The van der Waals surface area contributed by atoms with E-state index in [1.54, 1.807) is 0 Å². The normalized spacial score (nSPS) is 13.9. The SMILES string of the molecule is Cc1ccc(CC(N)CC(C)(C)C)c(Cl)c1. The highest BCUT2D eigenvalue weighted by atomic mass is 35.5. The Hall–Kier alpha value is -0.530. The Kier molecular flexibility index (Phi) is 4.40. The van der Waals surface area contributed by atoms with E-state index >= 15 is 0 Å². The van der Waals surface area contributed by atoms with Gasteiger partial charge < -0.3 is 5.73 Å². The van der Waals surface area contributed by atoms with E-state index < -0.39 is 0 Å². The first kappa shape index (κ1) is 13.5. The molecular weight excluding hydrogens is 218 g/mol. The molecule has 90 valence electrons. The summed E-state index contributed by atoms with van der Waals surface area (Å²) in [5, 5.41) is 0.837. The van der Waals surface area contributed by atoms with Crippen LogP contribution in [0.15, 0.2) is 18.2 Å². The van der Waals surface area contributed by atoms with E-state index in [4.69, 9.17) is 17.3 Å². The van der Waals surface area contributed by atoms with Crippen LogP contribution in [0.4, 0.5) is 0 Å². The van der Waals surface area contributed by atoms with Crippen LogP contribution in [0.5, 0.6) is 0 Å². The first-order valence-corrected chi connectivity index (χ1v) is 6.16. The maximum atomic E-state index is 6.19. The van der Waals surface area contributed by atoms with Crippen molar-refractivity contribution in [2.75, 3.05) is 0 Å². The Bertz CT molecular complexity index is 352. The molecule has 0 bridgehead atoms. The Morgan fingerprint density at radius 2 is 1.94 bits per heavy atom.